The molecule has 1 rings (SSSR count). The number of para-hydroxylation sites is 1. The van der Waals surface area contributed by atoms with Gasteiger partial charge in [0.05, 0.1) is 5.69 Å². The number of nitrogens with two attached hydrogens (primary N) is 1. The molecule has 1 unspecified atom stereocenters. The summed E-state index contributed by atoms with van der Waals surface area (Å²) in [5.74, 6) is 0.211. The van der Waals surface area contributed by atoms with E-state index < -0.39 is 0 Å². The van der Waals surface area contributed by atoms with Gasteiger partial charge in [-0.1, -0.05) is 11.2 Å². The second kappa shape index (κ2) is 6.10. The molecule has 0 aromatic heterocycles. The molecule has 88 valence electrons. The fraction of sp³-hybridized carbons (Fsp3) is 0.300. The summed E-state index contributed by atoms with van der Waals surface area (Å²) < 4.78 is 1.93. The van der Waals surface area contributed by atoms with Crippen LogP contribution in [0.15, 0.2) is 32.3 Å². The third-order valence-corrected chi connectivity index (χ3v) is 3.32. The molecule has 0 bridgehead atoms. The molecule has 0 heterocycles. The first kappa shape index (κ1) is 13.3. The normalized spacial score (nSPS) is 13.6. The number of hydrogen-bond acceptors (Lipinski definition) is 3. The fourth-order valence-corrected chi connectivity index (χ4v) is 2.52. The summed E-state index contributed by atoms with van der Waals surface area (Å²) in [6.45, 7) is 1.96. The molecule has 0 radical (unpaired) electrons. The Hall–Kier alpha value is -0.750. The van der Waals surface area contributed by atoms with E-state index >= 15 is 0 Å². The molecule has 1 aromatic rings. The van der Waals surface area contributed by atoms with E-state index in [0.717, 1.165) is 14.6 Å². The molecule has 1 aromatic carbocycles. The van der Waals surface area contributed by atoms with Gasteiger partial charge in [0.15, 0.2) is 0 Å². The minimum absolute atomic E-state index is 0.0749. The monoisotopic (exact) mass is 349 g/mol. The summed E-state index contributed by atoms with van der Waals surface area (Å²) in [5, 5.41) is 14.7. The molecule has 0 saturated heterocycles. The number of anilines is 1. The van der Waals surface area contributed by atoms with Crippen LogP contribution in [0.2, 0.25) is 0 Å². The second-order valence-electron chi connectivity index (χ2n) is 3.44. The van der Waals surface area contributed by atoms with E-state index in [0.29, 0.717) is 6.42 Å². The fourth-order valence-electron chi connectivity index (χ4n) is 1.29. The van der Waals surface area contributed by atoms with Gasteiger partial charge in [0.2, 0.25) is 0 Å². The van der Waals surface area contributed by atoms with Crippen molar-refractivity contribution < 1.29 is 5.21 Å². The van der Waals surface area contributed by atoms with Crippen molar-refractivity contribution in [2.45, 2.75) is 19.4 Å². The minimum Gasteiger partial charge on any atom is -0.409 e. The average molecular weight is 351 g/mol. The number of amidine groups is 1. The standard InChI is InChI=1S/C10H13Br2N3O/c1-6(5-9(13)15-16)14-10-7(11)3-2-4-8(10)12/h2-4,6,14,16H,5H2,1H3,(H2,13,15). The molecule has 4 N–H and O–H groups in total. The van der Waals surface area contributed by atoms with Crippen LogP contribution in [-0.2, 0) is 0 Å². The van der Waals surface area contributed by atoms with Crippen LogP contribution in [-0.4, -0.2) is 17.1 Å². The van der Waals surface area contributed by atoms with Crippen LogP contribution in [0.4, 0.5) is 5.69 Å². The number of halogens is 2. The predicted octanol–water partition coefficient (Wildman–Crippen LogP) is 3.15. The van der Waals surface area contributed by atoms with Gasteiger partial charge in [-0.3, -0.25) is 0 Å². The van der Waals surface area contributed by atoms with Crippen LogP contribution in [0.5, 0.6) is 0 Å². The number of oxime groups is 1. The van der Waals surface area contributed by atoms with E-state index in [-0.39, 0.29) is 11.9 Å². The van der Waals surface area contributed by atoms with Gasteiger partial charge in [-0.2, -0.15) is 0 Å². The maximum atomic E-state index is 8.48. The highest BCUT2D eigenvalue weighted by Crippen LogP contribution is 2.31. The molecule has 0 fully saturated rings. The molecule has 16 heavy (non-hydrogen) atoms. The molecule has 0 aliphatic carbocycles. The van der Waals surface area contributed by atoms with Gasteiger partial charge in [-0.05, 0) is 50.9 Å². The number of benzene rings is 1. The van der Waals surface area contributed by atoms with Crippen LogP contribution in [0, 0.1) is 0 Å². The maximum absolute atomic E-state index is 8.48. The summed E-state index contributed by atoms with van der Waals surface area (Å²) in [6.07, 6.45) is 0.476. The van der Waals surface area contributed by atoms with Crippen molar-refractivity contribution in [3.63, 3.8) is 0 Å². The van der Waals surface area contributed by atoms with Crippen LogP contribution >= 0.6 is 31.9 Å². The Morgan fingerprint density at radius 2 is 2.06 bits per heavy atom. The molecule has 0 aliphatic rings. The van der Waals surface area contributed by atoms with Crippen molar-refractivity contribution >= 4 is 43.4 Å². The van der Waals surface area contributed by atoms with Crippen LogP contribution in [0.3, 0.4) is 0 Å². The number of hydrogen-bond donors (Lipinski definition) is 3. The van der Waals surface area contributed by atoms with Crippen LogP contribution < -0.4 is 11.1 Å². The minimum atomic E-state index is 0.0749. The average Bonchev–Trinajstić information content (AvgIpc) is 2.23. The molecule has 0 saturated carbocycles. The summed E-state index contributed by atoms with van der Waals surface area (Å²) in [6, 6.07) is 5.91. The van der Waals surface area contributed by atoms with Crippen molar-refractivity contribution in [3.05, 3.63) is 27.1 Å². The van der Waals surface area contributed by atoms with Gasteiger partial charge in [0.1, 0.15) is 5.84 Å². The Bertz CT molecular complexity index is 375. The van der Waals surface area contributed by atoms with E-state index in [1.165, 1.54) is 0 Å². The van der Waals surface area contributed by atoms with Crippen molar-refractivity contribution in [1.29, 1.82) is 0 Å². The van der Waals surface area contributed by atoms with Gasteiger partial charge in [0, 0.05) is 21.4 Å². The third-order valence-electron chi connectivity index (χ3n) is 2.00. The Kier molecular flexibility index (Phi) is 5.08. The number of nitrogens with one attached hydrogen (secondary N) is 1. The highest BCUT2D eigenvalue weighted by Gasteiger charge is 2.09. The van der Waals surface area contributed by atoms with E-state index in [2.05, 4.69) is 42.3 Å². The molecule has 0 amide bonds. The Morgan fingerprint density at radius 1 is 1.50 bits per heavy atom. The van der Waals surface area contributed by atoms with Gasteiger partial charge in [-0.25, -0.2) is 0 Å². The zero-order valence-electron chi connectivity index (χ0n) is 8.74. The van der Waals surface area contributed by atoms with Crippen molar-refractivity contribution in [2.24, 2.45) is 10.9 Å². The summed E-state index contributed by atoms with van der Waals surface area (Å²) in [4.78, 5) is 0. The van der Waals surface area contributed by atoms with Gasteiger partial charge >= 0.3 is 0 Å². The zero-order valence-corrected chi connectivity index (χ0v) is 11.9. The summed E-state index contributed by atoms with van der Waals surface area (Å²) in [5.41, 5.74) is 6.40. The van der Waals surface area contributed by atoms with E-state index in [9.17, 15) is 0 Å². The first-order chi connectivity index (χ1) is 7.54. The van der Waals surface area contributed by atoms with E-state index in [4.69, 9.17) is 10.9 Å². The Balaban J connectivity index is 2.73. The van der Waals surface area contributed by atoms with E-state index in [1.54, 1.807) is 0 Å². The SMILES string of the molecule is CC(C/C(N)=N/O)Nc1c(Br)cccc1Br. The number of nitrogens with zero attached hydrogens (tertiary/aromatic N) is 1. The molecular formula is C10H13Br2N3O. The van der Waals surface area contributed by atoms with Crippen molar-refractivity contribution in [1.82, 2.24) is 0 Å². The Labute approximate surface area is 111 Å². The molecule has 1 atom stereocenters. The summed E-state index contributed by atoms with van der Waals surface area (Å²) in [7, 11) is 0. The van der Waals surface area contributed by atoms with Crippen molar-refractivity contribution in [3.8, 4) is 0 Å². The highest BCUT2D eigenvalue weighted by atomic mass is 79.9. The first-order valence-corrected chi connectivity index (χ1v) is 6.30. The van der Waals surface area contributed by atoms with Gasteiger partial charge in [0.25, 0.3) is 0 Å². The van der Waals surface area contributed by atoms with Gasteiger partial charge < -0.3 is 16.3 Å². The van der Waals surface area contributed by atoms with Crippen LogP contribution in [0.25, 0.3) is 0 Å². The predicted molar refractivity (Wildman–Crippen MR) is 73.0 cm³/mol. The lowest BCUT2D eigenvalue weighted by molar-refractivity contribution is 0.316. The first-order valence-electron chi connectivity index (χ1n) is 4.71. The molecule has 4 nitrogen and oxygen atoms in total. The molecule has 6 heteroatoms. The smallest absolute Gasteiger partial charge is 0.141 e. The molecule has 0 aliphatic heterocycles. The van der Waals surface area contributed by atoms with Crippen molar-refractivity contribution in [2.75, 3.05) is 5.32 Å². The Morgan fingerprint density at radius 3 is 2.56 bits per heavy atom. The lowest BCUT2D eigenvalue weighted by atomic mass is 10.2. The maximum Gasteiger partial charge on any atom is 0.141 e. The topological polar surface area (TPSA) is 70.6 Å². The lowest BCUT2D eigenvalue weighted by Gasteiger charge is -2.17. The zero-order chi connectivity index (χ0) is 12.1. The lowest BCUT2D eigenvalue weighted by Crippen LogP contribution is -2.24. The van der Waals surface area contributed by atoms with Crippen LogP contribution in [0.1, 0.15) is 13.3 Å². The quantitative estimate of drug-likeness (QED) is 0.338. The largest absolute Gasteiger partial charge is 0.409 e. The molecule has 0 spiro atoms. The summed E-state index contributed by atoms with van der Waals surface area (Å²) >= 11 is 6.91. The third kappa shape index (κ3) is 3.68. The highest BCUT2D eigenvalue weighted by molar-refractivity contribution is 9.11. The number of rotatable bonds is 4. The van der Waals surface area contributed by atoms with E-state index in [1.807, 2.05) is 25.1 Å². The molecular weight excluding hydrogens is 338 g/mol. The van der Waals surface area contributed by atoms with Gasteiger partial charge in [-0.15, -0.1) is 0 Å². The second-order valence-corrected chi connectivity index (χ2v) is 5.15.